The number of benzene rings is 1. The Morgan fingerprint density at radius 3 is 2.70 bits per heavy atom. The second kappa shape index (κ2) is 14.2. The van der Waals surface area contributed by atoms with Crippen LogP contribution in [0.3, 0.4) is 0 Å². The molecule has 1 aromatic rings. The van der Waals surface area contributed by atoms with E-state index in [1.165, 1.54) is 37.1 Å². The van der Waals surface area contributed by atoms with Crippen LogP contribution in [0.25, 0.3) is 0 Å². The van der Waals surface area contributed by atoms with Crippen molar-refractivity contribution in [3.05, 3.63) is 35.4 Å². The summed E-state index contributed by atoms with van der Waals surface area (Å²) in [5.41, 5.74) is 2.67. The van der Waals surface area contributed by atoms with Gasteiger partial charge in [-0.25, -0.2) is 0 Å². The van der Waals surface area contributed by atoms with Crippen LogP contribution < -0.4 is 10.6 Å². The Morgan fingerprint density at radius 1 is 1.20 bits per heavy atom. The summed E-state index contributed by atoms with van der Waals surface area (Å²) in [4.78, 5) is 6.89. The van der Waals surface area contributed by atoms with E-state index in [1.807, 2.05) is 7.05 Å². The second-order valence-electron chi connectivity index (χ2n) is 8.36. The summed E-state index contributed by atoms with van der Waals surface area (Å²) in [6, 6.07) is 8.97. The van der Waals surface area contributed by atoms with E-state index in [4.69, 9.17) is 9.47 Å². The van der Waals surface area contributed by atoms with Crippen LogP contribution in [-0.2, 0) is 22.6 Å². The van der Waals surface area contributed by atoms with Crippen molar-refractivity contribution in [1.82, 2.24) is 15.5 Å². The molecule has 7 heteroatoms. The Hall–Kier alpha value is -0.900. The lowest BCUT2D eigenvalue weighted by Crippen LogP contribution is -2.37. The molecule has 0 saturated carbocycles. The number of guanidine groups is 1. The van der Waals surface area contributed by atoms with E-state index in [-0.39, 0.29) is 30.1 Å². The number of hydrogen-bond donors (Lipinski definition) is 2. The summed E-state index contributed by atoms with van der Waals surface area (Å²) >= 11 is 0. The fourth-order valence-corrected chi connectivity index (χ4v) is 4.03. The summed E-state index contributed by atoms with van der Waals surface area (Å²) in [5, 5.41) is 6.75. The van der Waals surface area contributed by atoms with E-state index >= 15 is 0 Å². The van der Waals surface area contributed by atoms with Gasteiger partial charge in [-0.3, -0.25) is 9.89 Å². The Balaban J connectivity index is 0.00000320. The lowest BCUT2D eigenvalue weighted by Gasteiger charge is -2.30. The van der Waals surface area contributed by atoms with Gasteiger partial charge in [0.05, 0.1) is 12.7 Å². The zero-order chi connectivity index (χ0) is 20.3. The molecule has 0 radical (unpaired) electrons. The van der Waals surface area contributed by atoms with E-state index in [0.717, 1.165) is 64.2 Å². The number of piperidine rings is 1. The predicted molar refractivity (Wildman–Crippen MR) is 134 cm³/mol. The van der Waals surface area contributed by atoms with Gasteiger partial charge in [0.15, 0.2) is 5.96 Å². The third-order valence-electron chi connectivity index (χ3n) is 5.71. The molecule has 2 saturated heterocycles. The van der Waals surface area contributed by atoms with Crippen molar-refractivity contribution in [2.45, 2.75) is 51.8 Å². The first kappa shape index (κ1) is 25.4. The van der Waals surface area contributed by atoms with Gasteiger partial charge < -0.3 is 20.1 Å². The molecule has 2 aliphatic rings. The SMILES string of the molecule is CN=C(NCCCOC1CCOC1)NCc1ccc(CN2CCCC(C)C2)cc1.I. The standard InChI is InChI=1S/C23H38N4O2.HI/c1-19-5-3-12-27(16-19)17-21-8-6-20(7-9-21)15-26-23(24-2)25-11-4-13-29-22-10-14-28-18-22;/h6-9,19,22H,3-5,10-18H2,1-2H3,(H2,24,25,26);1H. The number of halogens is 1. The molecule has 2 atom stereocenters. The molecule has 0 amide bonds. The van der Waals surface area contributed by atoms with Crippen molar-refractivity contribution < 1.29 is 9.47 Å². The molecule has 2 unspecified atom stereocenters. The molecule has 0 aliphatic carbocycles. The molecule has 0 bridgehead atoms. The van der Waals surface area contributed by atoms with E-state index in [0.29, 0.717) is 0 Å². The van der Waals surface area contributed by atoms with E-state index in [2.05, 4.69) is 51.7 Å². The van der Waals surface area contributed by atoms with E-state index in [9.17, 15) is 0 Å². The van der Waals surface area contributed by atoms with Gasteiger partial charge in [0.2, 0.25) is 0 Å². The fourth-order valence-electron chi connectivity index (χ4n) is 4.03. The van der Waals surface area contributed by atoms with Crippen LogP contribution in [0.1, 0.15) is 43.7 Å². The average molecular weight is 530 g/mol. The summed E-state index contributed by atoms with van der Waals surface area (Å²) < 4.78 is 11.1. The van der Waals surface area contributed by atoms with Crippen LogP contribution in [-0.4, -0.2) is 63.5 Å². The first-order valence-electron chi connectivity index (χ1n) is 11.2. The highest BCUT2D eigenvalue weighted by molar-refractivity contribution is 14.0. The highest BCUT2D eigenvalue weighted by atomic mass is 127. The monoisotopic (exact) mass is 530 g/mol. The zero-order valence-electron chi connectivity index (χ0n) is 18.6. The number of rotatable bonds is 9. The van der Waals surface area contributed by atoms with Crippen LogP contribution in [0.2, 0.25) is 0 Å². The highest BCUT2D eigenvalue weighted by Gasteiger charge is 2.16. The number of hydrogen-bond acceptors (Lipinski definition) is 4. The first-order chi connectivity index (χ1) is 14.2. The fraction of sp³-hybridized carbons (Fsp3) is 0.696. The molecule has 3 rings (SSSR count). The molecular formula is C23H39IN4O2. The quantitative estimate of drug-likeness (QED) is 0.222. The maximum absolute atomic E-state index is 5.79. The molecule has 0 spiro atoms. The minimum Gasteiger partial charge on any atom is -0.379 e. The molecule has 30 heavy (non-hydrogen) atoms. The average Bonchev–Trinajstić information content (AvgIpc) is 3.25. The largest absolute Gasteiger partial charge is 0.379 e. The van der Waals surface area contributed by atoms with Crippen molar-refractivity contribution >= 4 is 29.9 Å². The van der Waals surface area contributed by atoms with Crippen molar-refractivity contribution in [3.63, 3.8) is 0 Å². The third-order valence-corrected chi connectivity index (χ3v) is 5.71. The maximum Gasteiger partial charge on any atom is 0.191 e. The third kappa shape index (κ3) is 9.08. The summed E-state index contributed by atoms with van der Waals surface area (Å²) in [7, 11) is 1.81. The van der Waals surface area contributed by atoms with Gasteiger partial charge in [-0.15, -0.1) is 24.0 Å². The summed E-state index contributed by atoms with van der Waals surface area (Å²) in [5.74, 6) is 1.66. The van der Waals surface area contributed by atoms with Gasteiger partial charge in [-0.05, 0) is 49.3 Å². The minimum absolute atomic E-state index is 0. The highest BCUT2D eigenvalue weighted by Crippen LogP contribution is 2.18. The number of ether oxygens (including phenoxy) is 2. The van der Waals surface area contributed by atoms with Gasteiger partial charge in [-0.1, -0.05) is 31.2 Å². The number of aliphatic imine (C=N–C) groups is 1. The predicted octanol–water partition coefficient (Wildman–Crippen LogP) is 3.40. The number of nitrogens with one attached hydrogen (secondary N) is 2. The van der Waals surface area contributed by atoms with Crippen molar-refractivity contribution in [2.75, 3.05) is 46.5 Å². The molecule has 2 N–H and O–H groups in total. The lowest BCUT2D eigenvalue weighted by molar-refractivity contribution is 0.0420. The van der Waals surface area contributed by atoms with Gasteiger partial charge in [0.1, 0.15) is 0 Å². The Kier molecular flexibility index (Phi) is 12.0. The van der Waals surface area contributed by atoms with E-state index < -0.39 is 0 Å². The Labute approximate surface area is 199 Å². The van der Waals surface area contributed by atoms with Crippen LogP contribution >= 0.6 is 24.0 Å². The minimum atomic E-state index is 0. The normalized spacial score (nSPS) is 22.5. The molecule has 6 nitrogen and oxygen atoms in total. The molecule has 2 fully saturated rings. The van der Waals surface area contributed by atoms with Crippen LogP contribution in [0, 0.1) is 5.92 Å². The molecule has 2 heterocycles. The molecule has 170 valence electrons. The molecule has 2 aliphatic heterocycles. The lowest BCUT2D eigenvalue weighted by atomic mass is 9.99. The van der Waals surface area contributed by atoms with Gasteiger partial charge >= 0.3 is 0 Å². The topological polar surface area (TPSA) is 58.1 Å². The van der Waals surface area contributed by atoms with Crippen LogP contribution in [0.15, 0.2) is 29.3 Å². The van der Waals surface area contributed by atoms with Crippen molar-refractivity contribution in [2.24, 2.45) is 10.9 Å². The van der Waals surface area contributed by atoms with Gasteiger partial charge in [0, 0.05) is 46.4 Å². The van der Waals surface area contributed by atoms with Crippen LogP contribution in [0.4, 0.5) is 0 Å². The second-order valence-corrected chi connectivity index (χ2v) is 8.36. The number of nitrogens with zero attached hydrogens (tertiary/aromatic N) is 2. The maximum atomic E-state index is 5.79. The number of likely N-dealkylation sites (tertiary alicyclic amines) is 1. The Bertz CT molecular complexity index is 620. The summed E-state index contributed by atoms with van der Waals surface area (Å²) in [6.07, 6.45) is 4.97. The van der Waals surface area contributed by atoms with Gasteiger partial charge in [-0.2, -0.15) is 0 Å². The van der Waals surface area contributed by atoms with E-state index in [1.54, 1.807) is 0 Å². The molecular weight excluding hydrogens is 491 g/mol. The smallest absolute Gasteiger partial charge is 0.191 e. The molecule has 0 aromatic heterocycles. The van der Waals surface area contributed by atoms with Crippen molar-refractivity contribution in [1.29, 1.82) is 0 Å². The zero-order valence-corrected chi connectivity index (χ0v) is 20.9. The Morgan fingerprint density at radius 2 is 2.00 bits per heavy atom. The molecule has 1 aromatic carbocycles. The van der Waals surface area contributed by atoms with Gasteiger partial charge in [0.25, 0.3) is 0 Å². The van der Waals surface area contributed by atoms with Crippen LogP contribution in [0.5, 0.6) is 0 Å². The first-order valence-corrected chi connectivity index (χ1v) is 11.2. The summed E-state index contributed by atoms with van der Waals surface area (Å²) in [6.45, 7) is 9.84. The van der Waals surface area contributed by atoms with Crippen molar-refractivity contribution in [3.8, 4) is 0 Å².